The molecule has 0 saturated heterocycles. The fraction of sp³-hybridized carbons (Fsp3) is 0.231. The van der Waals surface area contributed by atoms with Crippen molar-refractivity contribution in [3.05, 3.63) is 41.1 Å². The quantitative estimate of drug-likeness (QED) is 0.723. The largest absolute Gasteiger partial charge is 0.398 e. The molecule has 0 unspecified atom stereocenters. The zero-order valence-corrected chi connectivity index (χ0v) is 10.4. The number of para-hydroxylation sites is 1. The molecule has 0 radical (unpaired) electrons. The topological polar surface area (TPSA) is 83.8 Å². The van der Waals surface area contributed by atoms with Crippen molar-refractivity contribution in [2.24, 2.45) is 0 Å². The number of hydrogen-bond donors (Lipinski definition) is 3. The average molecular weight is 244 g/mol. The van der Waals surface area contributed by atoms with Crippen LogP contribution >= 0.6 is 0 Å². The zero-order valence-electron chi connectivity index (χ0n) is 10.4. The molecule has 0 aliphatic heterocycles. The van der Waals surface area contributed by atoms with E-state index in [0.717, 1.165) is 17.5 Å². The van der Waals surface area contributed by atoms with Crippen LogP contribution in [-0.2, 0) is 6.42 Å². The molecule has 0 spiro atoms. The van der Waals surface area contributed by atoms with Crippen LogP contribution < -0.4 is 11.1 Å². The van der Waals surface area contributed by atoms with E-state index in [9.17, 15) is 4.79 Å². The Morgan fingerprint density at radius 2 is 2.28 bits per heavy atom. The van der Waals surface area contributed by atoms with Gasteiger partial charge in [-0.1, -0.05) is 19.1 Å². The van der Waals surface area contributed by atoms with Crippen LogP contribution in [0, 0.1) is 6.92 Å². The molecule has 1 heterocycles. The van der Waals surface area contributed by atoms with Gasteiger partial charge in [-0.3, -0.25) is 9.89 Å². The Morgan fingerprint density at radius 1 is 1.50 bits per heavy atom. The van der Waals surface area contributed by atoms with Crippen molar-refractivity contribution >= 4 is 17.4 Å². The first-order valence-corrected chi connectivity index (χ1v) is 5.82. The molecule has 1 amide bonds. The van der Waals surface area contributed by atoms with Gasteiger partial charge in [0, 0.05) is 11.3 Å². The Morgan fingerprint density at radius 3 is 3.00 bits per heavy atom. The van der Waals surface area contributed by atoms with Gasteiger partial charge in [0.1, 0.15) is 5.82 Å². The fourth-order valence-corrected chi connectivity index (χ4v) is 1.75. The second kappa shape index (κ2) is 4.91. The zero-order chi connectivity index (χ0) is 13.1. The first-order valence-electron chi connectivity index (χ1n) is 5.82. The average Bonchev–Trinajstić information content (AvgIpc) is 2.79. The van der Waals surface area contributed by atoms with Crippen molar-refractivity contribution in [1.29, 1.82) is 0 Å². The van der Waals surface area contributed by atoms with Crippen molar-refractivity contribution in [2.45, 2.75) is 20.3 Å². The maximum atomic E-state index is 12.1. The number of aromatic amines is 1. The number of aryl methyl sites for hydroxylation is 2. The van der Waals surface area contributed by atoms with Gasteiger partial charge in [0.05, 0.1) is 11.8 Å². The maximum Gasteiger partial charge on any atom is 0.258 e. The predicted molar refractivity (Wildman–Crippen MR) is 71.5 cm³/mol. The van der Waals surface area contributed by atoms with E-state index in [2.05, 4.69) is 15.5 Å². The number of nitrogens with one attached hydrogen (secondary N) is 2. The molecule has 5 heteroatoms. The molecule has 0 bridgehead atoms. The number of aromatic nitrogens is 2. The van der Waals surface area contributed by atoms with Gasteiger partial charge in [0.15, 0.2) is 0 Å². The number of amides is 1. The molecule has 1 aromatic carbocycles. The number of nitrogen functional groups attached to an aromatic ring is 1. The second-order valence-electron chi connectivity index (χ2n) is 4.11. The number of carbonyl (C=O) groups is 1. The highest BCUT2D eigenvalue weighted by atomic mass is 16.1. The molecule has 0 aliphatic carbocycles. The third-order valence-corrected chi connectivity index (χ3v) is 2.91. The Kier molecular flexibility index (Phi) is 3.32. The summed E-state index contributed by atoms with van der Waals surface area (Å²) in [6, 6.07) is 5.40. The van der Waals surface area contributed by atoms with E-state index >= 15 is 0 Å². The summed E-state index contributed by atoms with van der Waals surface area (Å²) in [6.07, 6.45) is 2.50. The molecule has 2 aromatic rings. The summed E-state index contributed by atoms with van der Waals surface area (Å²) < 4.78 is 0. The van der Waals surface area contributed by atoms with Crippen LogP contribution in [0.1, 0.15) is 28.4 Å². The summed E-state index contributed by atoms with van der Waals surface area (Å²) in [5.41, 5.74) is 8.74. The minimum absolute atomic E-state index is 0.227. The monoisotopic (exact) mass is 244 g/mol. The standard InChI is InChI=1S/C13H16N4O/c1-3-9-7-15-17-12(9)16-13(18)10-6-4-5-8(2)11(10)14/h4-7H,3,14H2,1-2H3,(H2,15,16,17,18). The summed E-state index contributed by atoms with van der Waals surface area (Å²) in [5, 5.41) is 9.47. The lowest BCUT2D eigenvalue weighted by molar-refractivity contribution is 0.102. The van der Waals surface area contributed by atoms with Crippen molar-refractivity contribution in [2.75, 3.05) is 11.1 Å². The van der Waals surface area contributed by atoms with Crippen LogP contribution in [-0.4, -0.2) is 16.1 Å². The molecule has 2 rings (SSSR count). The lowest BCUT2D eigenvalue weighted by Gasteiger charge is -2.08. The Labute approximate surface area is 105 Å². The molecule has 0 atom stereocenters. The van der Waals surface area contributed by atoms with Crippen LogP contribution in [0.2, 0.25) is 0 Å². The molecule has 0 aliphatic rings. The number of H-pyrrole nitrogens is 1. The van der Waals surface area contributed by atoms with E-state index in [1.165, 1.54) is 0 Å². The highest BCUT2D eigenvalue weighted by Gasteiger charge is 2.13. The smallest absolute Gasteiger partial charge is 0.258 e. The van der Waals surface area contributed by atoms with E-state index in [4.69, 9.17) is 5.73 Å². The number of anilines is 2. The molecular formula is C13H16N4O. The van der Waals surface area contributed by atoms with Crippen LogP contribution in [0.5, 0.6) is 0 Å². The van der Waals surface area contributed by atoms with Crippen molar-refractivity contribution < 1.29 is 4.79 Å². The van der Waals surface area contributed by atoms with Crippen molar-refractivity contribution in [1.82, 2.24) is 10.2 Å². The van der Waals surface area contributed by atoms with Crippen LogP contribution in [0.4, 0.5) is 11.5 Å². The molecule has 5 nitrogen and oxygen atoms in total. The van der Waals surface area contributed by atoms with Gasteiger partial charge in [0.2, 0.25) is 0 Å². The second-order valence-corrected chi connectivity index (χ2v) is 4.11. The number of nitrogens with two attached hydrogens (primary N) is 1. The molecule has 18 heavy (non-hydrogen) atoms. The van der Waals surface area contributed by atoms with Crippen molar-refractivity contribution in [3.63, 3.8) is 0 Å². The van der Waals surface area contributed by atoms with E-state index in [-0.39, 0.29) is 5.91 Å². The molecule has 0 saturated carbocycles. The SMILES string of the molecule is CCc1cn[nH]c1NC(=O)c1cccc(C)c1N. The number of nitrogens with zero attached hydrogens (tertiary/aromatic N) is 1. The maximum absolute atomic E-state index is 12.1. The summed E-state index contributed by atoms with van der Waals surface area (Å²) >= 11 is 0. The fourth-order valence-electron chi connectivity index (χ4n) is 1.75. The van der Waals surface area contributed by atoms with Gasteiger partial charge < -0.3 is 11.1 Å². The highest BCUT2D eigenvalue weighted by molar-refractivity contribution is 6.07. The van der Waals surface area contributed by atoms with E-state index in [1.54, 1.807) is 12.3 Å². The highest BCUT2D eigenvalue weighted by Crippen LogP contribution is 2.19. The van der Waals surface area contributed by atoms with E-state index in [1.807, 2.05) is 26.0 Å². The summed E-state index contributed by atoms with van der Waals surface area (Å²) in [5.74, 6) is 0.401. The van der Waals surface area contributed by atoms with Crippen molar-refractivity contribution in [3.8, 4) is 0 Å². The minimum Gasteiger partial charge on any atom is -0.398 e. The number of hydrogen-bond acceptors (Lipinski definition) is 3. The normalized spacial score (nSPS) is 10.3. The summed E-state index contributed by atoms with van der Waals surface area (Å²) in [6.45, 7) is 3.88. The lowest BCUT2D eigenvalue weighted by atomic mass is 10.1. The Balaban J connectivity index is 2.25. The summed E-state index contributed by atoms with van der Waals surface area (Å²) in [4.78, 5) is 12.1. The third-order valence-electron chi connectivity index (χ3n) is 2.91. The molecule has 94 valence electrons. The first kappa shape index (κ1) is 12.2. The van der Waals surface area contributed by atoms with Crippen LogP contribution in [0.15, 0.2) is 24.4 Å². The van der Waals surface area contributed by atoms with E-state index in [0.29, 0.717) is 17.1 Å². The minimum atomic E-state index is -0.227. The molecule has 4 N–H and O–H groups in total. The van der Waals surface area contributed by atoms with Gasteiger partial charge >= 0.3 is 0 Å². The Bertz CT molecular complexity index is 574. The van der Waals surface area contributed by atoms with E-state index < -0.39 is 0 Å². The molecule has 0 fully saturated rings. The molecular weight excluding hydrogens is 228 g/mol. The molecule has 1 aromatic heterocycles. The predicted octanol–water partition coefficient (Wildman–Crippen LogP) is 2.12. The first-order chi connectivity index (χ1) is 8.63. The van der Waals surface area contributed by atoms with Gasteiger partial charge in [-0.25, -0.2) is 0 Å². The number of carbonyl (C=O) groups excluding carboxylic acids is 1. The Hall–Kier alpha value is -2.30. The van der Waals surface area contributed by atoms with Crippen LogP contribution in [0.25, 0.3) is 0 Å². The summed E-state index contributed by atoms with van der Waals surface area (Å²) in [7, 11) is 0. The third kappa shape index (κ3) is 2.20. The van der Waals surface area contributed by atoms with Crippen LogP contribution in [0.3, 0.4) is 0 Å². The van der Waals surface area contributed by atoms with Gasteiger partial charge in [-0.05, 0) is 25.0 Å². The number of rotatable bonds is 3. The van der Waals surface area contributed by atoms with Gasteiger partial charge in [-0.2, -0.15) is 5.10 Å². The number of benzene rings is 1. The lowest BCUT2D eigenvalue weighted by Crippen LogP contribution is -2.15. The van der Waals surface area contributed by atoms with Gasteiger partial charge in [0.25, 0.3) is 5.91 Å². The van der Waals surface area contributed by atoms with Gasteiger partial charge in [-0.15, -0.1) is 0 Å².